The topological polar surface area (TPSA) is 66.8 Å². The van der Waals surface area contributed by atoms with Crippen LogP contribution in [0.2, 0.25) is 0 Å². The maximum atomic E-state index is 11.3. The molecule has 1 aromatic carbocycles. The lowest BCUT2D eigenvalue weighted by Crippen LogP contribution is -2.50. The summed E-state index contributed by atoms with van der Waals surface area (Å²) in [5.41, 5.74) is 0.302. The van der Waals surface area contributed by atoms with E-state index >= 15 is 0 Å². The van der Waals surface area contributed by atoms with E-state index in [-0.39, 0.29) is 23.1 Å². The van der Waals surface area contributed by atoms with Crippen LogP contribution < -0.4 is 0 Å². The van der Waals surface area contributed by atoms with Crippen molar-refractivity contribution in [3.8, 4) is 5.75 Å². The van der Waals surface area contributed by atoms with E-state index in [2.05, 4.69) is 6.92 Å². The van der Waals surface area contributed by atoms with Gasteiger partial charge in [0.05, 0.1) is 12.2 Å². The molecule has 0 radical (unpaired) electrons. The van der Waals surface area contributed by atoms with Gasteiger partial charge < -0.3 is 14.9 Å². The molecular weight excluding hydrogens is 292 g/mol. The fourth-order valence-corrected chi connectivity index (χ4v) is 4.67. The van der Waals surface area contributed by atoms with Gasteiger partial charge in [-0.2, -0.15) is 0 Å². The summed E-state index contributed by atoms with van der Waals surface area (Å²) in [6, 6.07) is 7.34. The molecule has 2 saturated carbocycles. The van der Waals surface area contributed by atoms with Crippen LogP contribution in [0.1, 0.15) is 57.4 Å². The molecule has 2 fully saturated rings. The zero-order chi connectivity index (χ0) is 16.7. The van der Waals surface area contributed by atoms with Crippen LogP contribution in [0.25, 0.3) is 0 Å². The van der Waals surface area contributed by atoms with Crippen molar-refractivity contribution in [2.45, 2.75) is 57.5 Å². The largest absolute Gasteiger partial charge is 0.508 e. The number of carbonyl (C=O) groups excluding carboxylic acids is 1. The molecule has 0 spiro atoms. The number of fused-ring (bicyclic) bond motifs is 1. The third-order valence-electron chi connectivity index (χ3n) is 6.32. The monoisotopic (exact) mass is 318 g/mol. The number of aromatic hydroxyl groups is 1. The standard InChI is InChI=1S/C19H26O4/c1-13(20)23-12-16-8-10-19(22)11-15(7-9-18(16,19)2)14-3-5-17(21)6-4-14/h3-6,15-16,21-22H,7-12H2,1-2H3/t15-,16+,18+,19-/m0/s1. The van der Waals surface area contributed by atoms with Gasteiger partial charge in [0.25, 0.3) is 0 Å². The molecule has 126 valence electrons. The highest BCUT2D eigenvalue weighted by Crippen LogP contribution is 2.60. The quantitative estimate of drug-likeness (QED) is 0.839. The molecule has 0 bridgehead atoms. The SMILES string of the molecule is CC(=O)OC[C@H]1CC[C@]2(O)C[C@@H](c3ccc(O)cc3)CC[C@]12C. The van der Waals surface area contributed by atoms with Crippen LogP contribution in [0.3, 0.4) is 0 Å². The third-order valence-corrected chi connectivity index (χ3v) is 6.32. The molecule has 3 rings (SSSR count). The minimum absolute atomic E-state index is 0.185. The van der Waals surface area contributed by atoms with Crippen LogP contribution >= 0.6 is 0 Å². The van der Waals surface area contributed by atoms with Crippen molar-refractivity contribution in [3.63, 3.8) is 0 Å². The van der Waals surface area contributed by atoms with Gasteiger partial charge in [-0.3, -0.25) is 4.79 Å². The molecule has 2 aliphatic rings. The van der Waals surface area contributed by atoms with Crippen LogP contribution in [0.4, 0.5) is 0 Å². The number of hydrogen-bond donors (Lipinski definition) is 2. The predicted molar refractivity (Wildman–Crippen MR) is 87.1 cm³/mol. The van der Waals surface area contributed by atoms with Crippen molar-refractivity contribution in [2.24, 2.45) is 11.3 Å². The summed E-state index contributed by atoms with van der Waals surface area (Å²) in [6.07, 6.45) is 4.36. The van der Waals surface area contributed by atoms with Crippen LogP contribution in [-0.2, 0) is 9.53 Å². The van der Waals surface area contributed by atoms with Crippen molar-refractivity contribution in [3.05, 3.63) is 29.8 Å². The first kappa shape index (κ1) is 16.3. The number of phenolic OH excluding ortho intramolecular Hbond substituents is 1. The molecule has 0 aromatic heterocycles. The molecule has 1 aromatic rings. The van der Waals surface area contributed by atoms with Crippen molar-refractivity contribution in [2.75, 3.05) is 6.61 Å². The fourth-order valence-electron chi connectivity index (χ4n) is 4.67. The molecule has 4 nitrogen and oxygen atoms in total. The van der Waals surface area contributed by atoms with E-state index in [1.54, 1.807) is 12.1 Å². The van der Waals surface area contributed by atoms with E-state index in [0.29, 0.717) is 12.5 Å². The maximum absolute atomic E-state index is 11.3. The lowest BCUT2D eigenvalue weighted by atomic mass is 9.59. The summed E-state index contributed by atoms with van der Waals surface area (Å²) >= 11 is 0. The minimum Gasteiger partial charge on any atom is -0.508 e. The smallest absolute Gasteiger partial charge is 0.302 e. The Bertz CT molecular complexity index is 582. The van der Waals surface area contributed by atoms with Gasteiger partial charge in [0, 0.05) is 18.3 Å². The van der Waals surface area contributed by atoms with E-state index in [4.69, 9.17) is 4.74 Å². The molecule has 0 unspecified atom stereocenters. The van der Waals surface area contributed by atoms with Gasteiger partial charge in [0.2, 0.25) is 0 Å². The molecule has 2 N–H and O–H groups in total. The Kier molecular flexibility index (Phi) is 4.13. The average molecular weight is 318 g/mol. The molecule has 0 saturated heterocycles. The number of carbonyl (C=O) groups is 1. The lowest BCUT2D eigenvalue weighted by Gasteiger charge is -2.49. The van der Waals surface area contributed by atoms with Crippen molar-refractivity contribution in [1.29, 1.82) is 0 Å². The Morgan fingerprint density at radius 3 is 2.61 bits per heavy atom. The highest BCUT2D eigenvalue weighted by Gasteiger charge is 2.59. The molecular formula is C19H26O4. The second-order valence-electron chi connectivity index (χ2n) is 7.52. The molecule has 0 amide bonds. The number of phenols is 1. The number of ether oxygens (including phenoxy) is 1. The number of esters is 1. The van der Waals surface area contributed by atoms with E-state index in [9.17, 15) is 15.0 Å². The number of aliphatic hydroxyl groups is 1. The first-order valence-electron chi connectivity index (χ1n) is 8.49. The summed E-state index contributed by atoms with van der Waals surface area (Å²) in [4.78, 5) is 11.1. The highest BCUT2D eigenvalue weighted by atomic mass is 16.5. The zero-order valence-electron chi connectivity index (χ0n) is 13.9. The van der Waals surface area contributed by atoms with E-state index in [1.165, 1.54) is 12.5 Å². The van der Waals surface area contributed by atoms with Gasteiger partial charge in [0.1, 0.15) is 5.75 Å². The van der Waals surface area contributed by atoms with Crippen LogP contribution in [0.5, 0.6) is 5.75 Å². The Hall–Kier alpha value is -1.55. The summed E-state index contributed by atoms with van der Waals surface area (Å²) in [5, 5.41) is 20.7. The lowest BCUT2D eigenvalue weighted by molar-refractivity contribution is -0.148. The number of rotatable bonds is 3. The molecule has 0 heterocycles. The molecule has 4 heteroatoms. The van der Waals surface area contributed by atoms with Gasteiger partial charge in [-0.05, 0) is 55.7 Å². The number of benzene rings is 1. The van der Waals surface area contributed by atoms with Crippen LogP contribution in [-0.4, -0.2) is 28.4 Å². The predicted octanol–water partition coefficient (Wildman–Crippen LogP) is 3.37. The summed E-state index contributed by atoms with van der Waals surface area (Å²) < 4.78 is 5.23. The highest BCUT2D eigenvalue weighted by molar-refractivity contribution is 5.65. The first-order chi connectivity index (χ1) is 10.8. The van der Waals surface area contributed by atoms with Crippen molar-refractivity contribution in [1.82, 2.24) is 0 Å². The molecule has 0 aliphatic heterocycles. The normalized spacial score (nSPS) is 36.5. The Balaban J connectivity index is 1.75. The summed E-state index contributed by atoms with van der Waals surface area (Å²) in [5.74, 6) is 0.579. The Labute approximate surface area is 137 Å². The van der Waals surface area contributed by atoms with Gasteiger partial charge in [0.15, 0.2) is 0 Å². The molecule has 2 aliphatic carbocycles. The average Bonchev–Trinajstić information content (AvgIpc) is 2.76. The van der Waals surface area contributed by atoms with Gasteiger partial charge in [-0.25, -0.2) is 0 Å². The zero-order valence-corrected chi connectivity index (χ0v) is 13.9. The Morgan fingerprint density at radius 2 is 1.96 bits per heavy atom. The Morgan fingerprint density at radius 1 is 1.26 bits per heavy atom. The second-order valence-corrected chi connectivity index (χ2v) is 7.52. The third kappa shape index (κ3) is 2.85. The van der Waals surface area contributed by atoms with E-state index < -0.39 is 5.60 Å². The van der Waals surface area contributed by atoms with Crippen LogP contribution in [0.15, 0.2) is 24.3 Å². The molecule has 4 atom stereocenters. The minimum atomic E-state index is -0.696. The number of hydrogen-bond acceptors (Lipinski definition) is 4. The van der Waals surface area contributed by atoms with Crippen molar-refractivity contribution >= 4 is 5.97 Å². The maximum Gasteiger partial charge on any atom is 0.302 e. The first-order valence-corrected chi connectivity index (χ1v) is 8.49. The summed E-state index contributed by atoms with van der Waals surface area (Å²) in [6.45, 7) is 4.00. The summed E-state index contributed by atoms with van der Waals surface area (Å²) in [7, 11) is 0. The fraction of sp³-hybridized carbons (Fsp3) is 0.632. The van der Waals surface area contributed by atoms with Gasteiger partial charge in [-0.15, -0.1) is 0 Å². The van der Waals surface area contributed by atoms with Gasteiger partial charge in [-0.1, -0.05) is 19.1 Å². The molecule has 23 heavy (non-hydrogen) atoms. The van der Waals surface area contributed by atoms with Crippen LogP contribution in [0, 0.1) is 11.3 Å². The van der Waals surface area contributed by atoms with Crippen molar-refractivity contribution < 1.29 is 19.7 Å². The van der Waals surface area contributed by atoms with E-state index in [1.807, 2.05) is 12.1 Å². The van der Waals surface area contributed by atoms with E-state index in [0.717, 1.165) is 32.1 Å². The second kappa shape index (κ2) is 5.82. The van der Waals surface area contributed by atoms with Gasteiger partial charge >= 0.3 is 5.97 Å².